The van der Waals surface area contributed by atoms with E-state index < -0.39 is 21.6 Å². The molecule has 1 amide bonds. The van der Waals surface area contributed by atoms with E-state index in [1.165, 1.54) is 0 Å². The van der Waals surface area contributed by atoms with Crippen LogP contribution in [0.4, 0.5) is 4.79 Å². The predicted octanol–water partition coefficient (Wildman–Crippen LogP) is -0.789. The van der Waals surface area contributed by atoms with Gasteiger partial charge in [-0.05, 0) is 0 Å². The molecule has 1 aliphatic rings. The molecule has 13 heavy (non-hydrogen) atoms. The Labute approximate surface area is 74.7 Å². The number of ether oxygens (including phenoxy) is 1. The standard InChI is InChI=1S/C5H9NO6S/c7-5(8)6-1-2-12-4(3-6)13(9,10)11/h4H,1-3H2,(H,7,8)(H,9,10,11). The third kappa shape index (κ3) is 2.54. The Balaban J connectivity index is 2.67. The fraction of sp³-hybridized carbons (Fsp3) is 0.800. The summed E-state index contributed by atoms with van der Waals surface area (Å²) in [5, 5.41) is 8.52. The number of nitrogens with zero attached hydrogens (tertiary/aromatic N) is 1. The minimum absolute atomic E-state index is 0.0310. The maximum atomic E-state index is 10.6. The van der Waals surface area contributed by atoms with E-state index in [1.807, 2.05) is 0 Å². The lowest BCUT2D eigenvalue weighted by atomic mass is 10.4. The number of carboxylic acid groups (broad SMARTS) is 1. The number of rotatable bonds is 1. The first-order valence-electron chi connectivity index (χ1n) is 3.47. The highest BCUT2D eigenvalue weighted by Crippen LogP contribution is 2.09. The highest BCUT2D eigenvalue weighted by atomic mass is 32.2. The minimum Gasteiger partial charge on any atom is -0.465 e. The fourth-order valence-electron chi connectivity index (χ4n) is 0.972. The van der Waals surface area contributed by atoms with Crippen molar-refractivity contribution in [3.05, 3.63) is 0 Å². The molecular formula is C5H9NO6S. The SMILES string of the molecule is O=C(O)N1CCOC(S(=O)(=O)O)C1. The molecule has 0 saturated carbocycles. The van der Waals surface area contributed by atoms with Crippen LogP contribution in [0.1, 0.15) is 0 Å². The maximum Gasteiger partial charge on any atom is 0.407 e. The number of carbonyl (C=O) groups is 1. The van der Waals surface area contributed by atoms with Crippen molar-refractivity contribution in [2.24, 2.45) is 0 Å². The van der Waals surface area contributed by atoms with Crippen molar-refractivity contribution < 1.29 is 27.6 Å². The predicted molar refractivity (Wildman–Crippen MR) is 40.9 cm³/mol. The average Bonchev–Trinajstić information content (AvgIpc) is 2.03. The molecule has 8 heteroatoms. The number of hydrogen-bond donors (Lipinski definition) is 2. The highest BCUT2D eigenvalue weighted by molar-refractivity contribution is 7.86. The second-order valence-corrected chi connectivity index (χ2v) is 4.10. The van der Waals surface area contributed by atoms with E-state index in [0.29, 0.717) is 0 Å². The second kappa shape index (κ2) is 3.48. The molecule has 1 aliphatic heterocycles. The first-order chi connectivity index (χ1) is 5.91. The van der Waals surface area contributed by atoms with Gasteiger partial charge in [-0.15, -0.1) is 0 Å². The maximum absolute atomic E-state index is 10.6. The summed E-state index contributed by atoms with van der Waals surface area (Å²) < 4.78 is 34.4. The Hall–Kier alpha value is -0.860. The first-order valence-corrected chi connectivity index (χ1v) is 4.97. The molecule has 76 valence electrons. The average molecular weight is 211 g/mol. The summed E-state index contributed by atoms with van der Waals surface area (Å²) in [5.41, 5.74) is -1.46. The van der Waals surface area contributed by atoms with Gasteiger partial charge in [0.2, 0.25) is 5.44 Å². The van der Waals surface area contributed by atoms with E-state index in [-0.39, 0.29) is 19.7 Å². The Morgan fingerprint density at radius 1 is 1.54 bits per heavy atom. The minimum atomic E-state index is -4.32. The molecule has 0 radical (unpaired) electrons. The van der Waals surface area contributed by atoms with Gasteiger partial charge in [0.25, 0.3) is 10.1 Å². The quantitative estimate of drug-likeness (QED) is 0.551. The molecular weight excluding hydrogens is 202 g/mol. The summed E-state index contributed by atoms with van der Waals surface area (Å²) in [4.78, 5) is 11.3. The molecule has 2 N–H and O–H groups in total. The normalized spacial score (nSPS) is 24.4. The Morgan fingerprint density at radius 2 is 2.15 bits per heavy atom. The van der Waals surface area contributed by atoms with Crippen LogP contribution in [0.2, 0.25) is 0 Å². The molecule has 1 heterocycles. The smallest absolute Gasteiger partial charge is 0.407 e. The lowest BCUT2D eigenvalue weighted by Crippen LogP contribution is -2.47. The van der Waals surface area contributed by atoms with Crippen LogP contribution in [0, 0.1) is 0 Å². The number of hydrogen-bond acceptors (Lipinski definition) is 4. The van der Waals surface area contributed by atoms with Gasteiger partial charge in [-0.25, -0.2) is 4.79 Å². The molecule has 0 aromatic rings. The van der Waals surface area contributed by atoms with Crippen molar-refractivity contribution in [3.63, 3.8) is 0 Å². The topological polar surface area (TPSA) is 104 Å². The van der Waals surface area contributed by atoms with Crippen LogP contribution < -0.4 is 0 Å². The molecule has 0 spiro atoms. The van der Waals surface area contributed by atoms with Crippen LogP contribution in [0.3, 0.4) is 0 Å². The van der Waals surface area contributed by atoms with E-state index in [9.17, 15) is 13.2 Å². The number of amides is 1. The van der Waals surface area contributed by atoms with Crippen LogP contribution >= 0.6 is 0 Å². The molecule has 0 aromatic heterocycles. The highest BCUT2D eigenvalue weighted by Gasteiger charge is 2.32. The van der Waals surface area contributed by atoms with Crippen molar-refractivity contribution in [2.45, 2.75) is 5.44 Å². The number of morpholine rings is 1. The van der Waals surface area contributed by atoms with Gasteiger partial charge in [0, 0.05) is 6.54 Å². The third-order valence-electron chi connectivity index (χ3n) is 1.64. The zero-order valence-electron chi connectivity index (χ0n) is 6.58. The van der Waals surface area contributed by atoms with Gasteiger partial charge in [0.15, 0.2) is 0 Å². The molecule has 0 bridgehead atoms. The summed E-state index contributed by atoms with van der Waals surface area (Å²) in [6.45, 7) is -0.272. The van der Waals surface area contributed by atoms with Gasteiger partial charge >= 0.3 is 6.09 Å². The van der Waals surface area contributed by atoms with Gasteiger partial charge in [0.1, 0.15) is 0 Å². The zero-order valence-corrected chi connectivity index (χ0v) is 7.40. The van der Waals surface area contributed by atoms with Crippen molar-refractivity contribution in [3.8, 4) is 0 Å². The lowest BCUT2D eigenvalue weighted by Gasteiger charge is -2.28. The fourth-order valence-corrected chi connectivity index (χ4v) is 1.61. The van der Waals surface area contributed by atoms with Gasteiger partial charge in [-0.3, -0.25) is 4.55 Å². The van der Waals surface area contributed by atoms with E-state index in [1.54, 1.807) is 0 Å². The molecule has 0 aromatic carbocycles. The van der Waals surface area contributed by atoms with Crippen LogP contribution in [-0.2, 0) is 14.9 Å². The molecule has 1 rings (SSSR count). The van der Waals surface area contributed by atoms with Crippen molar-refractivity contribution in [2.75, 3.05) is 19.7 Å². The third-order valence-corrected chi connectivity index (χ3v) is 2.59. The zero-order chi connectivity index (χ0) is 10.1. The summed E-state index contributed by atoms with van der Waals surface area (Å²) in [5.74, 6) is 0. The van der Waals surface area contributed by atoms with Crippen LogP contribution in [0.5, 0.6) is 0 Å². The molecule has 1 saturated heterocycles. The molecule has 7 nitrogen and oxygen atoms in total. The first kappa shape index (κ1) is 10.2. The Bertz CT molecular complexity index is 298. The van der Waals surface area contributed by atoms with E-state index in [4.69, 9.17) is 9.66 Å². The summed E-state index contributed by atoms with van der Waals surface area (Å²) in [6, 6.07) is 0. The van der Waals surface area contributed by atoms with E-state index in [2.05, 4.69) is 4.74 Å². The van der Waals surface area contributed by atoms with Gasteiger partial charge < -0.3 is 14.7 Å². The summed E-state index contributed by atoms with van der Waals surface area (Å²) in [6.07, 6.45) is -1.23. The Kier molecular flexibility index (Phi) is 2.74. The van der Waals surface area contributed by atoms with E-state index >= 15 is 0 Å². The second-order valence-electron chi connectivity index (χ2n) is 2.54. The van der Waals surface area contributed by atoms with Crippen molar-refractivity contribution >= 4 is 16.2 Å². The van der Waals surface area contributed by atoms with Crippen molar-refractivity contribution in [1.29, 1.82) is 0 Å². The van der Waals surface area contributed by atoms with Crippen LogP contribution in [0.25, 0.3) is 0 Å². The molecule has 1 unspecified atom stereocenters. The largest absolute Gasteiger partial charge is 0.465 e. The van der Waals surface area contributed by atoms with E-state index in [0.717, 1.165) is 4.90 Å². The molecule has 1 fully saturated rings. The van der Waals surface area contributed by atoms with Gasteiger partial charge in [-0.1, -0.05) is 0 Å². The summed E-state index contributed by atoms with van der Waals surface area (Å²) in [7, 11) is -4.32. The van der Waals surface area contributed by atoms with Crippen LogP contribution in [-0.4, -0.2) is 54.2 Å². The van der Waals surface area contributed by atoms with Crippen molar-refractivity contribution in [1.82, 2.24) is 4.90 Å². The van der Waals surface area contributed by atoms with Gasteiger partial charge in [-0.2, -0.15) is 8.42 Å². The monoisotopic (exact) mass is 211 g/mol. The van der Waals surface area contributed by atoms with Gasteiger partial charge in [0.05, 0.1) is 13.2 Å². The van der Waals surface area contributed by atoms with Crippen LogP contribution in [0.15, 0.2) is 0 Å². The molecule has 1 atom stereocenters. The lowest BCUT2D eigenvalue weighted by molar-refractivity contribution is 0.0138. The molecule has 0 aliphatic carbocycles. The Morgan fingerprint density at radius 3 is 2.62 bits per heavy atom. The summed E-state index contributed by atoms with van der Waals surface area (Å²) >= 11 is 0.